The Hall–Kier alpha value is -2.34. The van der Waals surface area contributed by atoms with Gasteiger partial charge in [0.2, 0.25) is 0 Å². The van der Waals surface area contributed by atoms with Crippen LogP contribution in [0.5, 0.6) is 5.75 Å². The van der Waals surface area contributed by atoms with E-state index in [1.807, 2.05) is 37.1 Å². The van der Waals surface area contributed by atoms with Crippen LogP contribution in [-0.2, 0) is 9.84 Å². The molecule has 6 heteroatoms. The molecule has 0 saturated carbocycles. The summed E-state index contributed by atoms with van der Waals surface area (Å²) in [5.74, 6) is 0.480. The number of rotatable bonds is 4. The van der Waals surface area contributed by atoms with E-state index in [4.69, 9.17) is 4.74 Å². The van der Waals surface area contributed by atoms with Crippen molar-refractivity contribution in [1.29, 1.82) is 0 Å². The van der Waals surface area contributed by atoms with Crippen LogP contribution >= 0.6 is 0 Å². The zero-order valence-electron chi connectivity index (χ0n) is 14.0. The SMILES string of the molecule is COc1ccc2c(c1)/C(=N/CS(=O)(=O)c1ccc(C)cc1)CN2C. The van der Waals surface area contributed by atoms with Crippen LogP contribution in [0.25, 0.3) is 0 Å². The van der Waals surface area contributed by atoms with E-state index in [1.165, 1.54) is 0 Å². The van der Waals surface area contributed by atoms with E-state index < -0.39 is 9.84 Å². The lowest BCUT2D eigenvalue weighted by Crippen LogP contribution is -2.17. The second-order valence-corrected chi connectivity index (χ2v) is 7.86. The second-order valence-electron chi connectivity index (χ2n) is 5.90. The zero-order valence-corrected chi connectivity index (χ0v) is 14.8. The van der Waals surface area contributed by atoms with Crippen molar-refractivity contribution in [2.75, 3.05) is 31.5 Å². The van der Waals surface area contributed by atoms with E-state index in [1.54, 1.807) is 31.4 Å². The molecule has 0 saturated heterocycles. The van der Waals surface area contributed by atoms with Gasteiger partial charge in [-0.2, -0.15) is 0 Å². The Labute approximate surface area is 142 Å². The number of nitrogens with zero attached hydrogens (tertiary/aromatic N) is 2. The summed E-state index contributed by atoms with van der Waals surface area (Å²) in [4.78, 5) is 6.74. The largest absolute Gasteiger partial charge is 0.497 e. The molecule has 3 rings (SSSR count). The molecule has 2 aromatic rings. The third-order valence-electron chi connectivity index (χ3n) is 4.12. The van der Waals surface area contributed by atoms with Crippen LogP contribution in [0, 0.1) is 6.92 Å². The van der Waals surface area contributed by atoms with E-state index in [-0.39, 0.29) is 5.88 Å². The van der Waals surface area contributed by atoms with Gasteiger partial charge in [-0.1, -0.05) is 17.7 Å². The average molecular weight is 344 g/mol. The summed E-state index contributed by atoms with van der Waals surface area (Å²) in [5, 5.41) is 0. The average Bonchev–Trinajstić information content (AvgIpc) is 2.89. The molecule has 0 aliphatic carbocycles. The summed E-state index contributed by atoms with van der Waals surface area (Å²) in [7, 11) is 0.133. The fourth-order valence-electron chi connectivity index (χ4n) is 2.72. The van der Waals surface area contributed by atoms with Gasteiger partial charge in [0.25, 0.3) is 0 Å². The number of hydrogen-bond acceptors (Lipinski definition) is 5. The van der Waals surface area contributed by atoms with Crippen molar-refractivity contribution in [3.05, 3.63) is 53.6 Å². The van der Waals surface area contributed by atoms with Crippen molar-refractivity contribution in [3.63, 3.8) is 0 Å². The summed E-state index contributed by atoms with van der Waals surface area (Å²) in [6.07, 6.45) is 0. The number of anilines is 1. The first kappa shape index (κ1) is 16.5. The Morgan fingerprint density at radius 1 is 1.17 bits per heavy atom. The molecule has 1 aliphatic heterocycles. The first-order valence-corrected chi connectivity index (χ1v) is 9.28. The standard InChI is InChI=1S/C18H20N2O3S/c1-13-4-7-15(8-5-13)24(21,22)12-19-17-11-20(2)18-9-6-14(23-3)10-16(17)18/h4-10H,11-12H2,1-3H3/b19-17+. The molecule has 5 nitrogen and oxygen atoms in total. The quantitative estimate of drug-likeness (QED) is 0.856. The molecule has 2 aromatic carbocycles. The highest BCUT2D eigenvalue weighted by Crippen LogP contribution is 2.30. The number of benzene rings is 2. The molecule has 0 atom stereocenters. The molecule has 0 radical (unpaired) electrons. The van der Waals surface area contributed by atoms with E-state index in [2.05, 4.69) is 4.99 Å². The van der Waals surface area contributed by atoms with Gasteiger partial charge in [0, 0.05) is 18.3 Å². The zero-order chi connectivity index (χ0) is 17.3. The van der Waals surface area contributed by atoms with Gasteiger partial charge in [0.15, 0.2) is 9.84 Å². The Bertz CT molecular complexity index is 887. The number of aliphatic imine (C=N–C) groups is 1. The molecular weight excluding hydrogens is 324 g/mol. The summed E-state index contributed by atoms with van der Waals surface area (Å²) >= 11 is 0. The third kappa shape index (κ3) is 3.14. The van der Waals surface area contributed by atoms with Crippen molar-refractivity contribution in [2.24, 2.45) is 4.99 Å². The number of fused-ring (bicyclic) bond motifs is 1. The number of likely N-dealkylation sites (N-methyl/N-ethyl adjacent to an activating group) is 1. The first-order valence-electron chi connectivity index (χ1n) is 7.63. The molecule has 0 bridgehead atoms. The van der Waals surface area contributed by atoms with Crippen LogP contribution in [-0.4, -0.2) is 40.7 Å². The molecule has 0 amide bonds. The Morgan fingerprint density at radius 2 is 1.88 bits per heavy atom. The number of hydrogen-bond donors (Lipinski definition) is 0. The van der Waals surface area contributed by atoms with Gasteiger partial charge in [-0.15, -0.1) is 0 Å². The van der Waals surface area contributed by atoms with E-state index in [9.17, 15) is 8.42 Å². The van der Waals surface area contributed by atoms with Crippen LogP contribution in [0.4, 0.5) is 5.69 Å². The predicted molar refractivity (Wildman–Crippen MR) is 96.0 cm³/mol. The fourth-order valence-corrected chi connectivity index (χ4v) is 3.74. The minimum atomic E-state index is -3.44. The summed E-state index contributed by atoms with van der Waals surface area (Å²) in [6, 6.07) is 12.6. The van der Waals surface area contributed by atoms with E-state index >= 15 is 0 Å². The normalized spacial score (nSPS) is 15.6. The Kier molecular flexibility index (Phi) is 4.32. The highest BCUT2D eigenvalue weighted by atomic mass is 32.2. The maximum absolute atomic E-state index is 12.5. The van der Waals surface area contributed by atoms with Crippen LogP contribution < -0.4 is 9.64 Å². The molecule has 126 valence electrons. The minimum absolute atomic E-state index is 0.254. The van der Waals surface area contributed by atoms with Crippen molar-refractivity contribution >= 4 is 21.2 Å². The lowest BCUT2D eigenvalue weighted by Gasteiger charge is -2.10. The van der Waals surface area contributed by atoms with Crippen LogP contribution in [0.2, 0.25) is 0 Å². The monoisotopic (exact) mass is 344 g/mol. The molecule has 0 fully saturated rings. The highest BCUT2D eigenvalue weighted by Gasteiger charge is 2.23. The lowest BCUT2D eigenvalue weighted by molar-refractivity contribution is 0.415. The molecule has 0 aromatic heterocycles. The van der Waals surface area contributed by atoms with Crippen LogP contribution in [0.3, 0.4) is 0 Å². The van der Waals surface area contributed by atoms with Gasteiger partial charge >= 0.3 is 0 Å². The summed E-state index contributed by atoms with van der Waals surface area (Å²) in [6.45, 7) is 2.52. The molecule has 0 N–H and O–H groups in total. The first-order chi connectivity index (χ1) is 11.4. The second kappa shape index (κ2) is 6.28. The van der Waals surface area contributed by atoms with Gasteiger partial charge in [0.1, 0.15) is 11.6 Å². The third-order valence-corrected chi connectivity index (χ3v) is 5.58. The molecule has 0 unspecified atom stereocenters. The van der Waals surface area contributed by atoms with Gasteiger partial charge in [-0.25, -0.2) is 8.42 Å². The molecule has 24 heavy (non-hydrogen) atoms. The number of sulfone groups is 1. The molecule has 0 spiro atoms. The smallest absolute Gasteiger partial charge is 0.198 e. The maximum Gasteiger partial charge on any atom is 0.198 e. The number of aryl methyl sites for hydroxylation is 1. The highest BCUT2D eigenvalue weighted by molar-refractivity contribution is 7.91. The molecule has 1 aliphatic rings. The summed E-state index contributed by atoms with van der Waals surface area (Å²) < 4.78 is 30.2. The van der Waals surface area contributed by atoms with Gasteiger partial charge in [-0.05, 0) is 37.3 Å². The molecule has 1 heterocycles. The Morgan fingerprint density at radius 3 is 2.54 bits per heavy atom. The van der Waals surface area contributed by atoms with Crippen molar-refractivity contribution in [2.45, 2.75) is 11.8 Å². The minimum Gasteiger partial charge on any atom is -0.497 e. The van der Waals surface area contributed by atoms with Crippen molar-refractivity contribution in [1.82, 2.24) is 0 Å². The number of methoxy groups -OCH3 is 1. The lowest BCUT2D eigenvalue weighted by atomic mass is 10.1. The van der Waals surface area contributed by atoms with E-state index in [0.717, 1.165) is 28.3 Å². The maximum atomic E-state index is 12.5. The van der Waals surface area contributed by atoms with E-state index in [0.29, 0.717) is 11.4 Å². The van der Waals surface area contributed by atoms with Crippen LogP contribution in [0.1, 0.15) is 11.1 Å². The summed E-state index contributed by atoms with van der Waals surface area (Å²) in [5.41, 5.74) is 3.75. The fraction of sp³-hybridized carbons (Fsp3) is 0.278. The van der Waals surface area contributed by atoms with Gasteiger partial charge in [-0.3, -0.25) is 4.99 Å². The van der Waals surface area contributed by atoms with Gasteiger partial charge < -0.3 is 9.64 Å². The molecular formula is C18H20N2O3S. The predicted octanol–water partition coefficient (Wildman–Crippen LogP) is 2.67. The van der Waals surface area contributed by atoms with Crippen molar-refractivity contribution < 1.29 is 13.2 Å². The topological polar surface area (TPSA) is 59.0 Å². The van der Waals surface area contributed by atoms with Crippen molar-refractivity contribution in [3.8, 4) is 5.75 Å². The van der Waals surface area contributed by atoms with Crippen LogP contribution in [0.15, 0.2) is 52.4 Å². The van der Waals surface area contributed by atoms with Gasteiger partial charge in [0.05, 0.1) is 24.3 Å². The number of ether oxygens (including phenoxy) is 1. The Balaban J connectivity index is 1.89.